The quantitative estimate of drug-likeness (QED) is 0.0334. The minimum atomic E-state index is -2.58. The third kappa shape index (κ3) is 18.7. The third-order valence-corrected chi connectivity index (χ3v) is 17.7. The van der Waals surface area contributed by atoms with Crippen LogP contribution in [0.4, 0.5) is 0 Å². The molecule has 0 spiro atoms. The van der Waals surface area contributed by atoms with Gasteiger partial charge in [-0.2, -0.15) is 23.5 Å². The SMILES string of the molecule is CCCCCSCC(O)CCCCC[N+]([O-])(CCCCCC(O)CSCCCCC)CCCCO[Si](c1ccccc1)(c1ccccc1)C(C)(C)C. The molecule has 0 bridgehead atoms. The maximum absolute atomic E-state index is 14.3. The summed E-state index contributed by atoms with van der Waals surface area (Å²) in [6, 6.07) is 21.6. The topological polar surface area (TPSA) is 72.8 Å². The van der Waals surface area contributed by atoms with E-state index < -0.39 is 8.32 Å². The van der Waals surface area contributed by atoms with Crippen molar-refractivity contribution in [3.05, 3.63) is 65.9 Å². The summed E-state index contributed by atoms with van der Waals surface area (Å²) in [4.78, 5) is 0. The Kier molecular flexibility index (Phi) is 25.2. The molecule has 0 aliphatic heterocycles. The van der Waals surface area contributed by atoms with Crippen LogP contribution in [0.15, 0.2) is 60.7 Å². The van der Waals surface area contributed by atoms with E-state index in [-0.39, 0.29) is 21.9 Å². The summed E-state index contributed by atoms with van der Waals surface area (Å²) in [6.45, 7) is 14.0. The molecule has 0 amide bonds. The normalized spacial score (nSPS) is 14.7. The van der Waals surface area contributed by atoms with Crippen LogP contribution in [0.2, 0.25) is 5.04 Å². The highest BCUT2D eigenvalue weighted by Gasteiger charge is 2.50. The van der Waals surface area contributed by atoms with E-state index in [2.05, 4.69) is 95.3 Å². The summed E-state index contributed by atoms with van der Waals surface area (Å²) >= 11 is 3.75. The van der Waals surface area contributed by atoms with Crippen LogP contribution in [0.3, 0.4) is 0 Å². The standard InChI is InChI=1S/C44H77NO4S2Si/c1-6-8-24-36-50-38-40(46)26-14-12-20-32-45(48,33-21-13-15-27-41(47)39-51-37-25-9-7-2)34-22-23-35-49-52(44(3,4)5,42-28-16-10-17-29-42)43-30-18-11-19-31-43/h10-11,16-19,28-31,40-41,46-47H,6-9,12-15,20-27,32-39H2,1-5H3. The highest BCUT2D eigenvalue weighted by Crippen LogP contribution is 2.37. The van der Waals surface area contributed by atoms with E-state index in [0.717, 1.165) is 87.2 Å². The molecule has 0 fully saturated rings. The lowest BCUT2D eigenvalue weighted by atomic mass is 10.1. The minimum Gasteiger partial charge on any atom is -0.633 e. The fourth-order valence-electron chi connectivity index (χ4n) is 7.25. The summed E-state index contributed by atoms with van der Waals surface area (Å²) in [6.07, 6.45) is 16.2. The molecule has 0 aliphatic carbocycles. The van der Waals surface area contributed by atoms with E-state index in [4.69, 9.17) is 4.43 Å². The van der Waals surface area contributed by atoms with Gasteiger partial charge in [0.1, 0.15) is 0 Å². The van der Waals surface area contributed by atoms with Crippen molar-refractivity contribution in [1.29, 1.82) is 0 Å². The first-order valence-electron chi connectivity index (χ1n) is 20.9. The van der Waals surface area contributed by atoms with Crippen LogP contribution in [0.1, 0.15) is 137 Å². The molecular weight excluding hydrogens is 699 g/mol. The fourth-order valence-corrected chi connectivity index (χ4v) is 13.9. The highest BCUT2D eigenvalue weighted by molar-refractivity contribution is 7.99. The van der Waals surface area contributed by atoms with Gasteiger partial charge in [0.05, 0.1) is 31.8 Å². The predicted octanol–water partition coefficient (Wildman–Crippen LogP) is 10.3. The molecule has 2 unspecified atom stereocenters. The van der Waals surface area contributed by atoms with Crippen LogP contribution in [0.5, 0.6) is 0 Å². The molecule has 2 aromatic rings. The zero-order chi connectivity index (χ0) is 38.0. The van der Waals surface area contributed by atoms with Crippen LogP contribution in [-0.2, 0) is 4.43 Å². The van der Waals surface area contributed by atoms with E-state index in [1.807, 2.05) is 23.5 Å². The fraction of sp³-hybridized carbons (Fsp3) is 0.727. The van der Waals surface area contributed by atoms with Gasteiger partial charge in [0.25, 0.3) is 8.32 Å². The number of rotatable bonds is 32. The number of aliphatic hydroxyl groups excluding tert-OH is 2. The Morgan fingerprint density at radius 1 is 0.615 bits per heavy atom. The second kappa shape index (κ2) is 27.7. The van der Waals surface area contributed by atoms with Crippen LogP contribution < -0.4 is 10.4 Å². The molecule has 52 heavy (non-hydrogen) atoms. The number of hydrogen-bond acceptors (Lipinski definition) is 6. The smallest absolute Gasteiger partial charge is 0.261 e. The van der Waals surface area contributed by atoms with Gasteiger partial charge in [-0.15, -0.1) is 0 Å². The van der Waals surface area contributed by atoms with Crippen LogP contribution >= 0.6 is 23.5 Å². The van der Waals surface area contributed by atoms with Crippen molar-refractivity contribution in [3.63, 3.8) is 0 Å². The van der Waals surface area contributed by atoms with Crippen LogP contribution in [0, 0.1) is 5.21 Å². The average molecular weight is 776 g/mol. The molecule has 298 valence electrons. The lowest BCUT2D eigenvalue weighted by Crippen LogP contribution is -2.66. The maximum Gasteiger partial charge on any atom is 0.261 e. The van der Waals surface area contributed by atoms with Gasteiger partial charge in [-0.25, -0.2) is 0 Å². The Hall–Kier alpha value is -0.843. The Morgan fingerprint density at radius 2 is 1.04 bits per heavy atom. The predicted molar refractivity (Wildman–Crippen MR) is 234 cm³/mol. The first kappa shape index (κ1) is 47.3. The van der Waals surface area contributed by atoms with E-state index >= 15 is 0 Å². The number of thioether (sulfide) groups is 2. The number of nitrogens with zero attached hydrogens (tertiary/aromatic N) is 1. The monoisotopic (exact) mass is 776 g/mol. The molecule has 0 heterocycles. The summed E-state index contributed by atoms with van der Waals surface area (Å²) in [5, 5.41) is 37.8. The molecule has 0 aliphatic rings. The van der Waals surface area contributed by atoms with Gasteiger partial charge >= 0.3 is 0 Å². The minimum absolute atomic E-state index is 0.0588. The van der Waals surface area contributed by atoms with E-state index in [0.29, 0.717) is 26.2 Å². The largest absolute Gasteiger partial charge is 0.633 e. The van der Waals surface area contributed by atoms with Crippen molar-refractivity contribution in [3.8, 4) is 0 Å². The van der Waals surface area contributed by atoms with Crippen molar-refractivity contribution in [2.24, 2.45) is 0 Å². The summed E-state index contributed by atoms with van der Waals surface area (Å²) in [5.41, 5.74) is 0. The van der Waals surface area contributed by atoms with E-state index in [9.17, 15) is 15.4 Å². The number of hydroxylamine groups is 3. The van der Waals surface area contributed by atoms with Crippen molar-refractivity contribution < 1.29 is 19.3 Å². The molecule has 0 saturated carbocycles. The van der Waals surface area contributed by atoms with Gasteiger partial charge in [-0.3, -0.25) is 0 Å². The second-order valence-corrected chi connectivity index (χ2v) is 22.6. The van der Waals surface area contributed by atoms with E-state index in [1.165, 1.54) is 48.9 Å². The summed E-state index contributed by atoms with van der Waals surface area (Å²) in [7, 11) is -2.58. The summed E-state index contributed by atoms with van der Waals surface area (Å²) in [5.74, 6) is 3.93. The number of hydrogen-bond donors (Lipinski definition) is 2. The summed E-state index contributed by atoms with van der Waals surface area (Å²) < 4.78 is 6.99. The molecule has 2 aromatic carbocycles. The van der Waals surface area contributed by atoms with Crippen molar-refractivity contribution in [2.45, 2.75) is 155 Å². The van der Waals surface area contributed by atoms with Gasteiger partial charge in [-0.05, 0) is 91.1 Å². The lowest BCUT2D eigenvalue weighted by Gasteiger charge is -2.44. The molecule has 0 radical (unpaired) electrons. The number of quaternary nitrogens is 1. The molecule has 2 atom stereocenters. The highest BCUT2D eigenvalue weighted by atomic mass is 32.2. The van der Waals surface area contributed by atoms with Gasteiger partial charge in [0.2, 0.25) is 0 Å². The Labute approximate surface area is 329 Å². The van der Waals surface area contributed by atoms with Crippen LogP contribution in [0.25, 0.3) is 0 Å². The molecule has 2 N–H and O–H groups in total. The van der Waals surface area contributed by atoms with Crippen molar-refractivity contribution in [1.82, 2.24) is 0 Å². The molecule has 0 saturated heterocycles. The second-order valence-electron chi connectivity index (χ2n) is 16.0. The van der Waals surface area contributed by atoms with Crippen LogP contribution in [-0.4, -0.2) is 84.6 Å². The van der Waals surface area contributed by atoms with E-state index in [1.54, 1.807) is 0 Å². The maximum atomic E-state index is 14.3. The molecule has 0 aromatic heterocycles. The Balaban J connectivity index is 1.92. The zero-order valence-electron chi connectivity index (χ0n) is 33.9. The number of aliphatic hydroxyl groups is 2. The Bertz CT molecular complexity index is 1050. The first-order chi connectivity index (χ1) is 25.1. The molecule has 5 nitrogen and oxygen atoms in total. The lowest BCUT2D eigenvalue weighted by molar-refractivity contribution is -0.881. The van der Waals surface area contributed by atoms with Gasteiger partial charge in [-0.1, -0.05) is 134 Å². The average Bonchev–Trinajstić information content (AvgIpc) is 3.13. The van der Waals surface area contributed by atoms with Gasteiger partial charge < -0.3 is 24.5 Å². The zero-order valence-corrected chi connectivity index (χ0v) is 36.5. The molecular formula is C44H77NO4S2Si. The third-order valence-electron chi connectivity index (χ3n) is 10.3. The Morgan fingerprint density at radius 3 is 1.44 bits per heavy atom. The van der Waals surface area contributed by atoms with Gasteiger partial charge in [0.15, 0.2) is 0 Å². The van der Waals surface area contributed by atoms with Crippen molar-refractivity contribution >= 4 is 42.2 Å². The number of unbranched alkanes of at least 4 members (excludes halogenated alkanes) is 9. The first-order valence-corrected chi connectivity index (χ1v) is 25.1. The molecule has 2 rings (SSSR count). The molecule has 8 heteroatoms. The number of benzene rings is 2. The van der Waals surface area contributed by atoms with Crippen molar-refractivity contribution in [2.75, 3.05) is 49.3 Å². The van der Waals surface area contributed by atoms with Gasteiger partial charge in [0, 0.05) is 18.1 Å².